The van der Waals surface area contributed by atoms with Crippen molar-refractivity contribution in [2.24, 2.45) is 0 Å². The molecule has 0 spiro atoms. The van der Waals surface area contributed by atoms with Crippen LogP contribution in [0.1, 0.15) is 44.2 Å². The number of carbonyl (C=O) groups excluding carboxylic acids is 1. The minimum atomic E-state index is -0.0982. The predicted octanol–water partition coefficient (Wildman–Crippen LogP) is 2.74. The van der Waals surface area contributed by atoms with E-state index in [0.29, 0.717) is 0 Å². The normalized spacial score (nSPS) is 17.0. The Morgan fingerprint density at radius 1 is 1.15 bits per heavy atom. The molecule has 1 unspecified atom stereocenters. The zero-order valence-electron chi connectivity index (χ0n) is 12.7. The summed E-state index contributed by atoms with van der Waals surface area (Å²) in [5.41, 5.74) is 2.59. The van der Waals surface area contributed by atoms with Crippen LogP contribution in [0.15, 0.2) is 24.3 Å². The standard InChI is InChI=1S/C17H26N2O/c1-3-15-7-9-16(10-8-15)13-18-14(2)17(20)19-11-5-4-6-12-19/h7-10,14,18H,3-6,11-13H2,1-2H3. The first-order valence-corrected chi connectivity index (χ1v) is 7.80. The van der Waals surface area contributed by atoms with E-state index < -0.39 is 0 Å². The second kappa shape index (κ2) is 7.44. The Labute approximate surface area is 122 Å². The molecule has 1 aromatic rings. The molecule has 1 aliphatic rings. The van der Waals surface area contributed by atoms with E-state index in [1.807, 2.05) is 11.8 Å². The molecule has 1 fully saturated rings. The van der Waals surface area contributed by atoms with Gasteiger partial charge in [0.25, 0.3) is 0 Å². The largest absolute Gasteiger partial charge is 0.341 e. The number of amides is 1. The van der Waals surface area contributed by atoms with Crippen LogP contribution in [-0.4, -0.2) is 29.9 Å². The van der Waals surface area contributed by atoms with E-state index in [1.165, 1.54) is 17.5 Å². The molecule has 0 saturated carbocycles. The number of benzene rings is 1. The first kappa shape index (κ1) is 15.0. The SMILES string of the molecule is CCc1ccc(CNC(C)C(=O)N2CCCCC2)cc1. The quantitative estimate of drug-likeness (QED) is 0.895. The second-order valence-corrected chi connectivity index (χ2v) is 5.66. The van der Waals surface area contributed by atoms with Gasteiger partial charge in [-0.25, -0.2) is 0 Å². The van der Waals surface area contributed by atoms with E-state index in [2.05, 4.69) is 36.5 Å². The van der Waals surface area contributed by atoms with E-state index in [1.54, 1.807) is 0 Å². The van der Waals surface area contributed by atoms with Crippen molar-refractivity contribution in [2.75, 3.05) is 13.1 Å². The molecule has 20 heavy (non-hydrogen) atoms. The van der Waals surface area contributed by atoms with Crippen LogP contribution < -0.4 is 5.32 Å². The van der Waals surface area contributed by atoms with Crippen LogP contribution in [0.25, 0.3) is 0 Å². The van der Waals surface area contributed by atoms with Crippen molar-refractivity contribution in [3.63, 3.8) is 0 Å². The zero-order chi connectivity index (χ0) is 14.4. The number of hydrogen-bond acceptors (Lipinski definition) is 2. The highest BCUT2D eigenvalue weighted by Gasteiger charge is 2.21. The Balaban J connectivity index is 1.81. The van der Waals surface area contributed by atoms with Crippen molar-refractivity contribution in [2.45, 2.75) is 52.1 Å². The van der Waals surface area contributed by atoms with E-state index in [9.17, 15) is 4.79 Å². The Kier molecular flexibility index (Phi) is 5.60. The van der Waals surface area contributed by atoms with Crippen LogP contribution in [0.2, 0.25) is 0 Å². The number of aryl methyl sites for hydroxylation is 1. The fourth-order valence-electron chi connectivity index (χ4n) is 2.64. The molecule has 0 aromatic heterocycles. The van der Waals surface area contributed by atoms with Gasteiger partial charge >= 0.3 is 0 Å². The maximum atomic E-state index is 12.3. The first-order valence-electron chi connectivity index (χ1n) is 7.80. The molecule has 2 rings (SSSR count). The predicted molar refractivity (Wildman–Crippen MR) is 82.6 cm³/mol. The number of hydrogen-bond donors (Lipinski definition) is 1. The molecule has 3 heteroatoms. The summed E-state index contributed by atoms with van der Waals surface area (Å²) in [6.45, 7) is 6.74. The number of nitrogens with one attached hydrogen (secondary N) is 1. The average molecular weight is 274 g/mol. The molecular formula is C17H26N2O. The maximum Gasteiger partial charge on any atom is 0.239 e. The first-order chi connectivity index (χ1) is 9.70. The lowest BCUT2D eigenvalue weighted by molar-refractivity contribution is -0.133. The molecule has 1 atom stereocenters. The third kappa shape index (κ3) is 4.07. The van der Waals surface area contributed by atoms with Gasteiger partial charge in [-0.2, -0.15) is 0 Å². The highest BCUT2D eigenvalue weighted by Crippen LogP contribution is 2.10. The highest BCUT2D eigenvalue weighted by molar-refractivity contribution is 5.81. The van der Waals surface area contributed by atoms with Crippen LogP contribution in [0.4, 0.5) is 0 Å². The minimum absolute atomic E-state index is 0.0982. The third-order valence-corrected chi connectivity index (χ3v) is 4.08. The van der Waals surface area contributed by atoms with Crippen LogP contribution in [0, 0.1) is 0 Å². The van der Waals surface area contributed by atoms with Gasteiger partial charge in [0.1, 0.15) is 0 Å². The molecule has 1 aliphatic heterocycles. The summed E-state index contributed by atoms with van der Waals surface area (Å²) in [6.07, 6.45) is 4.63. The Morgan fingerprint density at radius 2 is 1.75 bits per heavy atom. The van der Waals surface area contributed by atoms with Gasteiger partial charge in [0.15, 0.2) is 0 Å². The van der Waals surface area contributed by atoms with Crippen LogP contribution in [0.3, 0.4) is 0 Å². The summed E-state index contributed by atoms with van der Waals surface area (Å²) in [7, 11) is 0. The summed E-state index contributed by atoms with van der Waals surface area (Å²) >= 11 is 0. The van der Waals surface area contributed by atoms with Crippen molar-refractivity contribution in [3.8, 4) is 0 Å². The number of rotatable bonds is 5. The summed E-state index contributed by atoms with van der Waals surface area (Å²) in [6, 6.07) is 8.51. The number of carbonyl (C=O) groups is 1. The molecule has 1 saturated heterocycles. The van der Waals surface area contributed by atoms with E-state index in [0.717, 1.165) is 38.9 Å². The zero-order valence-corrected chi connectivity index (χ0v) is 12.7. The monoisotopic (exact) mass is 274 g/mol. The molecule has 0 radical (unpaired) electrons. The van der Waals surface area contributed by atoms with E-state index in [4.69, 9.17) is 0 Å². The molecule has 3 nitrogen and oxygen atoms in total. The Bertz CT molecular complexity index is 421. The Morgan fingerprint density at radius 3 is 2.35 bits per heavy atom. The lowest BCUT2D eigenvalue weighted by Crippen LogP contribution is -2.46. The summed E-state index contributed by atoms with van der Waals surface area (Å²) in [4.78, 5) is 14.3. The lowest BCUT2D eigenvalue weighted by atomic mass is 10.1. The van der Waals surface area contributed by atoms with Gasteiger partial charge in [-0.15, -0.1) is 0 Å². The molecule has 110 valence electrons. The summed E-state index contributed by atoms with van der Waals surface area (Å²) < 4.78 is 0. The van der Waals surface area contributed by atoms with Gasteiger partial charge in [0.2, 0.25) is 5.91 Å². The van der Waals surface area contributed by atoms with Crippen LogP contribution in [0.5, 0.6) is 0 Å². The van der Waals surface area contributed by atoms with Gasteiger partial charge in [-0.3, -0.25) is 4.79 Å². The van der Waals surface area contributed by atoms with E-state index >= 15 is 0 Å². The van der Waals surface area contributed by atoms with Gasteiger partial charge in [0.05, 0.1) is 6.04 Å². The molecule has 0 bridgehead atoms. The van der Waals surface area contributed by atoms with Crippen LogP contribution >= 0.6 is 0 Å². The van der Waals surface area contributed by atoms with Crippen molar-refractivity contribution < 1.29 is 4.79 Å². The van der Waals surface area contributed by atoms with Gasteiger partial charge in [0, 0.05) is 19.6 Å². The highest BCUT2D eigenvalue weighted by atomic mass is 16.2. The van der Waals surface area contributed by atoms with Gasteiger partial charge < -0.3 is 10.2 Å². The molecule has 0 aliphatic carbocycles. The number of likely N-dealkylation sites (tertiary alicyclic amines) is 1. The number of nitrogens with zero attached hydrogens (tertiary/aromatic N) is 1. The third-order valence-electron chi connectivity index (χ3n) is 4.08. The fourth-order valence-corrected chi connectivity index (χ4v) is 2.64. The van der Waals surface area contributed by atoms with Crippen molar-refractivity contribution >= 4 is 5.91 Å². The number of piperidine rings is 1. The smallest absolute Gasteiger partial charge is 0.239 e. The van der Waals surface area contributed by atoms with Crippen LogP contribution in [-0.2, 0) is 17.8 Å². The van der Waals surface area contributed by atoms with Crippen molar-refractivity contribution in [1.82, 2.24) is 10.2 Å². The molecule has 1 heterocycles. The molecule has 1 N–H and O–H groups in total. The average Bonchev–Trinajstić information content (AvgIpc) is 2.53. The molecular weight excluding hydrogens is 248 g/mol. The minimum Gasteiger partial charge on any atom is -0.341 e. The fraction of sp³-hybridized carbons (Fsp3) is 0.588. The van der Waals surface area contributed by atoms with Crippen molar-refractivity contribution in [3.05, 3.63) is 35.4 Å². The molecule has 1 amide bonds. The van der Waals surface area contributed by atoms with Gasteiger partial charge in [-0.1, -0.05) is 31.2 Å². The van der Waals surface area contributed by atoms with Crippen molar-refractivity contribution in [1.29, 1.82) is 0 Å². The summed E-state index contributed by atoms with van der Waals surface area (Å²) in [5, 5.41) is 3.34. The molecule has 1 aromatic carbocycles. The van der Waals surface area contributed by atoms with Gasteiger partial charge in [-0.05, 0) is 43.7 Å². The lowest BCUT2D eigenvalue weighted by Gasteiger charge is -2.29. The summed E-state index contributed by atoms with van der Waals surface area (Å²) in [5.74, 6) is 0.245. The Hall–Kier alpha value is -1.35. The van der Waals surface area contributed by atoms with E-state index in [-0.39, 0.29) is 11.9 Å². The second-order valence-electron chi connectivity index (χ2n) is 5.66. The maximum absolute atomic E-state index is 12.3. The topological polar surface area (TPSA) is 32.3 Å².